The molecule has 0 aliphatic heterocycles. The van der Waals surface area contributed by atoms with E-state index >= 15 is 0 Å². The van der Waals surface area contributed by atoms with E-state index in [1.165, 1.54) is 185 Å². The second-order valence-electron chi connectivity index (χ2n) is 24.4. The van der Waals surface area contributed by atoms with E-state index in [0.717, 1.165) is 64.2 Å². The molecule has 2 unspecified atom stereocenters. The van der Waals surface area contributed by atoms with Crippen LogP contribution in [0, 0.1) is 0 Å². The van der Waals surface area contributed by atoms with Crippen molar-refractivity contribution in [1.82, 2.24) is 26.6 Å². The van der Waals surface area contributed by atoms with Crippen LogP contribution < -0.4 is 32.3 Å². The zero-order valence-corrected chi connectivity index (χ0v) is 56.3. The van der Waals surface area contributed by atoms with E-state index in [0.29, 0.717) is 12.8 Å². The third-order valence-electron chi connectivity index (χ3n) is 15.9. The standard InChI is InChI=1S/C68H126N6O13S/c1-4-7-10-13-16-19-22-25-28-31-34-37-40-45-60(75)74-59(67(83)70-50-43-44-57(69)66(82)72-51-61(76)71-52-62(77)73-58(68(84)85)48-49-63(78)79)55-88-54-56(87-65(81)47-42-39-36-33-30-27-24-21-18-15-12-9-6-3)53-86-64(80)46-41-38-35-32-29-26-23-20-17-14-11-8-5-2/h56-59H,4-55,69H2,1-3H3,(H,70,83)(H,71,76)(H,72,82)(H,73,77)(H,74,75)(H,78,79)(H,84,85)/t56-,57-,58?,59?/m1/s1. The van der Waals surface area contributed by atoms with Gasteiger partial charge in [0.2, 0.25) is 29.5 Å². The average Bonchev–Trinajstić information content (AvgIpc) is 3.59. The zero-order chi connectivity index (χ0) is 64.9. The first-order valence-electron chi connectivity index (χ1n) is 35.2. The largest absolute Gasteiger partial charge is 0.481 e. The number of ether oxygens (including phenoxy) is 2. The number of carbonyl (C=O) groups is 9. The Morgan fingerprint density at radius 1 is 0.398 bits per heavy atom. The van der Waals surface area contributed by atoms with E-state index < -0.39 is 79.3 Å². The van der Waals surface area contributed by atoms with Gasteiger partial charge in [0.1, 0.15) is 24.8 Å². The van der Waals surface area contributed by atoms with E-state index in [2.05, 4.69) is 47.4 Å². The van der Waals surface area contributed by atoms with Gasteiger partial charge in [-0.15, -0.1) is 0 Å². The summed E-state index contributed by atoms with van der Waals surface area (Å²) in [5, 5.41) is 30.6. The molecule has 0 fully saturated rings. The fourth-order valence-electron chi connectivity index (χ4n) is 10.4. The number of amides is 5. The molecule has 0 radical (unpaired) electrons. The molecule has 0 aliphatic rings. The average molecular weight is 1270 g/mol. The summed E-state index contributed by atoms with van der Waals surface area (Å²) >= 11 is 1.32. The summed E-state index contributed by atoms with van der Waals surface area (Å²) in [6.45, 7) is 5.58. The molecule has 0 aromatic carbocycles. The molecule has 5 amide bonds. The third kappa shape index (κ3) is 55.6. The van der Waals surface area contributed by atoms with Gasteiger partial charge in [-0.1, -0.05) is 252 Å². The summed E-state index contributed by atoms with van der Waals surface area (Å²) in [7, 11) is 0. The molecule has 88 heavy (non-hydrogen) atoms. The van der Waals surface area contributed by atoms with Crippen molar-refractivity contribution in [3.63, 3.8) is 0 Å². The number of nitrogens with one attached hydrogen (secondary N) is 5. The van der Waals surface area contributed by atoms with Crippen molar-refractivity contribution < 1.29 is 62.8 Å². The van der Waals surface area contributed by atoms with Crippen LogP contribution in [0.4, 0.5) is 0 Å². The smallest absolute Gasteiger partial charge is 0.326 e. The molecule has 0 saturated heterocycles. The van der Waals surface area contributed by atoms with Crippen molar-refractivity contribution in [2.75, 3.05) is 37.7 Å². The van der Waals surface area contributed by atoms with E-state index in [1.807, 2.05) is 0 Å². The summed E-state index contributed by atoms with van der Waals surface area (Å²) in [5.41, 5.74) is 6.10. The highest BCUT2D eigenvalue weighted by atomic mass is 32.2. The lowest BCUT2D eigenvalue weighted by Gasteiger charge is -2.21. The molecule has 0 rings (SSSR count). The van der Waals surface area contributed by atoms with E-state index in [4.69, 9.17) is 20.3 Å². The van der Waals surface area contributed by atoms with Crippen LogP contribution in [0.5, 0.6) is 0 Å². The summed E-state index contributed by atoms with van der Waals surface area (Å²) in [6.07, 6.45) is 45.9. The van der Waals surface area contributed by atoms with Crippen molar-refractivity contribution in [1.29, 1.82) is 0 Å². The molecule has 0 spiro atoms. The Morgan fingerprint density at radius 2 is 0.795 bits per heavy atom. The van der Waals surface area contributed by atoms with Crippen LogP contribution in [0.25, 0.3) is 0 Å². The molecule has 0 bridgehead atoms. The Hall–Kier alpha value is -4.46. The molecule has 0 aliphatic carbocycles. The molecule has 0 aromatic rings. The highest BCUT2D eigenvalue weighted by molar-refractivity contribution is 7.99. The number of nitrogens with two attached hydrogens (primary N) is 1. The van der Waals surface area contributed by atoms with Crippen molar-refractivity contribution in [2.45, 2.75) is 340 Å². The van der Waals surface area contributed by atoms with Gasteiger partial charge in [-0.25, -0.2) is 4.79 Å². The summed E-state index contributed by atoms with van der Waals surface area (Å²) < 4.78 is 11.7. The molecular weight excluding hydrogens is 1140 g/mol. The SMILES string of the molecule is CCCCCCCCCCCCCCCC(=O)NC(CSC[C@@H](COC(=O)CCCCCCCCCCCCCCC)OC(=O)CCCCCCCCCCCCCCC)C(=O)NCCC[C@@H](N)C(=O)NCC(=O)NCC(=O)NC(CCC(=O)O)C(=O)O. The van der Waals surface area contributed by atoms with Crippen LogP contribution in [0.3, 0.4) is 0 Å². The van der Waals surface area contributed by atoms with Crippen LogP contribution in [0.15, 0.2) is 0 Å². The molecule has 512 valence electrons. The van der Waals surface area contributed by atoms with Gasteiger partial charge in [0, 0.05) is 43.7 Å². The summed E-state index contributed by atoms with van der Waals surface area (Å²) in [4.78, 5) is 113. The molecule has 9 N–H and O–H groups in total. The molecule has 4 atom stereocenters. The minimum absolute atomic E-state index is 0.112. The molecule has 0 heterocycles. The highest BCUT2D eigenvalue weighted by Gasteiger charge is 2.25. The Balaban J connectivity index is 5.53. The first-order valence-corrected chi connectivity index (χ1v) is 36.3. The van der Waals surface area contributed by atoms with Crippen LogP contribution >= 0.6 is 11.8 Å². The van der Waals surface area contributed by atoms with Crippen molar-refractivity contribution in [3.05, 3.63) is 0 Å². The van der Waals surface area contributed by atoms with Gasteiger partial charge < -0.3 is 52.0 Å². The lowest BCUT2D eigenvalue weighted by atomic mass is 10.0. The van der Waals surface area contributed by atoms with Gasteiger partial charge in [0.15, 0.2) is 0 Å². The number of thioether (sulfide) groups is 1. The van der Waals surface area contributed by atoms with Gasteiger partial charge in [-0.05, 0) is 38.5 Å². The van der Waals surface area contributed by atoms with Gasteiger partial charge in [-0.3, -0.25) is 38.4 Å². The van der Waals surface area contributed by atoms with Gasteiger partial charge in [0.25, 0.3) is 0 Å². The van der Waals surface area contributed by atoms with Crippen molar-refractivity contribution in [3.8, 4) is 0 Å². The quantitative estimate of drug-likeness (QED) is 0.0207. The van der Waals surface area contributed by atoms with Crippen LogP contribution in [-0.2, 0) is 52.6 Å². The number of carboxylic acid groups (broad SMARTS) is 2. The van der Waals surface area contributed by atoms with Gasteiger partial charge >= 0.3 is 23.9 Å². The number of carboxylic acids is 2. The first-order chi connectivity index (χ1) is 42.6. The lowest BCUT2D eigenvalue weighted by Crippen LogP contribution is -2.49. The second-order valence-corrected chi connectivity index (χ2v) is 25.4. The number of esters is 2. The number of hydrogen-bond acceptors (Lipinski definition) is 13. The normalized spacial score (nSPS) is 12.5. The van der Waals surface area contributed by atoms with Crippen LogP contribution in [0.2, 0.25) is 0 Å². The number of unbranched alkanes of at least 4 members (excludes halogenated alkanes) is 36. The van der Waals surface area contributed by atoms with Gasteiger partial charge in [0.05, 0.1) is 19.1 Å². The van der Waals surface area contributed by atoms with Crippen molar-refractivity contribution >= 4 is 65.2 Å². The fourth-order valence-corrected chi connectivity index (χ4v) is 11.4. The Labute approximate surface area is 536 Å². The molecule has 0 aromatic heterocycles. The van der Waals surface area contributed by atoms with Crippen molar-refractivity contribution in [2.24, 2.45) is 5.73 Å². The maximum absolute atomic E-state index is 13.8. The predicted molar refractivity (Wildman–Crippen MR) is 354 cm³/mol. The molecule has 20 heteroatoms. The van der Waals surface area contributed by atoms with Crippen LogP contribution in [-0.4, -0.2) is 126 Å². The van der Waals surface area contributed by atoms with Gasteiger partial charge in [-0.2, -0.15) is 11.8 Å². The minimum atomic E-state index is -1.46. The summed E-state index contributed by atoms with van der Waals surface area (Å²) in [6, 6.07) is -3.47. The van der Waals surface area contributed by atoms with E-state index in [-0.39, 0.29) is 81.0 Å². The molecular formula is C68H126N6O13S. The lowest BCUT2D eigenvalue weighted by molar-refractivity contribution is -0.157. The maximum atomic E-state index is 13.8. The Bertz CT molecular complexity index is 1810. The number of aliphatic carboxylic acids is 2. The second kappa shape index (κ2) is 61.4. The Morgan fingerprint density at radius 3 is 1.23 bits per heavy atom. The molecule has 19 nitrogen and oxygen atoms in total. The van der Waals surface area contributed by atoms with E-state index in [9.17, 15) is 48.3 Å². The third-order valence-corrected chi connectivity index (χ3v) is 17.1. The topological polar surface area (TPSA) is 299 Å². The molecule has 0 saturated carbocycles. The summed E-state index contributed by atoms with van der Waals surface area (Å²) in [5.74, 6) is -5.96. The number of hydrogen-bond donors (Lipinski definition) is 8. The fraction of sp³-hybridized carbons (Fsp3) is 0.868. The maximum Gasteiger partial charge on any atom is 0.326 e. The number of rotatable bonds is 65. The van der Waals surface area contributed by atoms with Crippen LogP contribution in [0.1, 0.15) is 316 Å². The minimum Gasteiger partial charge on any atom is -0.481 e. The highest BCUT2D eigenvalue weighted by Crippen LogP contribution is 2.18. The predicted octanol–water partition coefficient (Wildman–Crippen LogP) is 13.0. The van der Waals surface area contributed by atoms with E-state index in [1.54, 1.807) is 0 Å². The Kier molecular flexibility index (Phi) is 58.3. The zero-order valence-electron chi connectivity index (χ0n) is 55.4. The first kappa shape index (κ1) is 83.5. The number of carbonyl (C=O) groups excluding carboxylic acids is 7. The monoisotopic (exact) mass is 1270 g/mol.